The van der Waals surface area contributed by atoms with Crippen LogP contribution in [0, 0.1) is 0 Å². The second kappa shape index (κ2) is 7.35. The topological polar surface area (TPSA) is 73.7 Å². The van der Waals surface area contributed by atoms with Crippen molar-refractivity contribution in [2.45, 2.75) is 19.9 Å². The minimum Gasteiger partial charge on any atom is -0.481 e. The van der Waals surface area contributed by atoms with Crippen molar-refractivity contribution >= 4 is 12.0 Å². The average Bonchev–Trinajstić information content (AvgIpc) is 2.42. The lowest BCUT2D eigenvalue weighted by Crippen LogP contribution is -2.41. The van der Waals surface area contributed by atoms with E-state index in [2.05, 4.69) is 4.98 Å². The van der Waals surface area contributed by atoms with Crippen LogP contribution in [-0.4, -0.2) is 52.0 Å². The largest absolute Gasteiger partial charge is 0.481 e. The summed E-state index contributed by atoms with van der Waals surface area (Å²) in [7, 11) is 1.60. The number of carbonyl (C=O) groups excluding carboxylic acids is 1. The molecule has 6 nitrogen and oxygen atoms in total. The predicted octanol–water partition coefficient (Wildman–Crippen LogP) is 1.43. The van der Waals surface area contributed by atoms with Gasteiger partial charge in [-0.2, -0.15) is 0 Å². The summed E-state index contributed by atoms with van der Waals surface area (Å²) in [5, 5.41) is 8.61. The van der Waals surface area contributed by atoms with Crippen LogP contribution in [0.2, 0.25) is 0 Å². The number of nitrogens with zero attached hydrogens (tertiary/aromatic N) is 3. The lowest BCUT2D eigenvalue weighted by Gasteiger charge is -2.26. The fraction of sp³-hybridized carbons (Fsp3) is 0.462. The monoisotopic (exact) mass is 265 g/mol. The van der Waals surface area contributed by atoms with E-state index in [4.69, 9.17) is 5.11 Å². The van der Waals surface area contributed by atoms with Gasteiger partial charge in [-0.25, -0.2) is 4.79 Å². The van der Waals surface area contributed by atoms with Gasteiger partial charge in [0.15, 0.2) is 0 Å². The molecular weight excluding hydrogens is 246 g/mol. The first-order chi connectivity index (χ1) is 9.04. The van der Waals surface area contributed by atoms with Gasteiger partial charge in [0.25, 0.3) is 0 Å². The Morgan fingerprint density at radius 1 is 1.37 bits per heavy atom. The van der Waals surface area contributed by atoms with E-state index in [1.54, 1.807) is 18.1 Å². The molecule has 104 valence electrons. The molecule has 0 bridgehead atoms. The third kappa shape index (κ3) is 4.95. The van der Waals surface area contributed by atoms with E-state index in [0.29, 0.717) is 13.1 Å². The first-order valence-corrected chi connectivity index (χ1v) is 6.16. The van der Waals surface area contributed by atoms with Crippen LogP contribution in [0.3, 0.4) is 0 Å². The third-order valence-corrected chi connectivity index (χ3v) is 2.72. The molecular formula is C13H19N3O3. The molecule has 0 fully saturated rings. The highest BCUT2D eigenvalue weighted by Gasteiger charge is 2.17. The van der Waals surface area contributed by atoms with Gasteiger partial charge in [-0.3, -0.25) is 9.78 Å². The first-order valence-electron chi connectivity index (χ1n) is 6.16. The number of carboxylic acid groups (broad SMARTS) is 1. The van der Waals surface area contributed by atoms with E-state index in [-0.39, 0.29) is 19.0 Å². The SMILES string of the molecule is CCN(Cc1ccccn1)C(=O)N(C)CCC(=O)O. The average molecular weight is 265 g/mol. The number of hydrogen-bond acceptors (Lipinski definition) is 3. The molecule has 0 spiro atoms. The standard InChI is InChI=1S/C13H19N3O3/c1-3-16(10-11-6-4-5-8-14-11)13(19)15(2)9-7-12(17)18/h4-6,8H,3,7,9-10H2,1-2H3,(H,17,18). The van der Waals surface area contributed by atoms with E-state index in [1.807, 2.05) is 25.1 Å². The Kier molecular flexibility index (Phi) is 5.78. The van der Waals surface area contributed by atoms with Crippen LogP contribution in [0.1, 0.15) is 19.0 Å². The van der Waals surface area contributed by atoms with Gasteiger partial charge in [-0.1, -0.05) is 6.07 Å². The fourth-order valence-electron chi connectivity index (χ4n) is 1.60. The normalized spacial score (nSPS) is 10.0. The van der Waals surface area contributed by atoms with Gasteiger partial charge in [0, 0.05) is 26.3 Å². The van der Waals surface area contributed by atoms with E-state index in [9.17, 15) is 9.59 Å². The summed E-state index contributed by atoms with van der Waals surface area (Å²) in [6.07, 6.45) is 1.63. The molecule has 0 saturated carbocycles. The maximum absolute atomic E-state index is 12.1. The Labute approximate surface area is 112 Å². The molecule has 0 aliphatic heterocycles. The van der Waals surface area contributed by atoms with Gasteiger partial charge in [-0.05, 0) is 19.1 Å². The predicted molar refractivity (Wildman–Crippen MR) is 70.6 cm³/mol. The van der Waals surface area contributed by atoms with Crippen molar-refractivity contribution in [2.24, 2.45) is 0 Å². The van der Waals surface area contributed by atoms with Crippen molar-refractivity contribution in [1.82, 2.24) is 14.8 Å². The Morgan fingerprint density at radius 3 is 2.63 bits per heavy atom. The van der Waals surface area contributed by atoms with E-state index in [1.165, 1.54) is 4.90 Å². The molecule has 0 aromatic carbocycles. The first kappa shape index (κ1) is 14.9. The minimum absolute atomic E-state index is 0.0522. The summed E-state index contributed by atoms with van der Waals surface area (Å²) in [4.78, 5) is 29.8. The number of pyridine rings is 1. The Bertz CT molecular complexity index is 422. The number of amides is 2. The fourth-order valence-corrected chi connectivity index (χ4v) is 1.60. The highest BCUT2D eigenvalue weighted by molar-refractivity contribution is 5.75. The number of hydrogen-bond donors (Lipinski definition) is 1. The van der Waals surface area contributed by atoms with Crippen molar-refractivity contribution in [2.75, 3.05) is 20.1 Å². The summed E-state index contributed by atoms with van der Waals surface area (Å²) in [5.41, 5.74) is 0.810. The van der Waals surface area contributed by atoms with Crippen LogP contribution in [0.4, 0.5) is 4.79 Å². The van der Waals surface area contributed by atoms with Crippen LogP contribution in [-0.2, 0) is 11.3 Å². The van der Waals surface area contributed by atoms with Crippen molar-refractivity contribution < 1.29 is 14.7 Å². The van der Waals surface area contributed by atoms with Crippen LogP contribution in [0.5, 0.6) is 0 Å². The zero-order chi connectivity index (χ0) is 14.3. The van der Waals surface area contributed by atoms with Crippen molar-refractivity contribution in [1.29, 1.82) is 0 Å². The van der Waals surface area contributed by atoms with E-state index in [0.717, 1.165) is 5.69 Å². The van der Waals surface area contributed by atoms with Crippen LogP contribution < -0.4 is 0 Å². The zero-order valence-electron chi connectivity index (χ0n) is 11.2. The minimum atomic E-state index is -0.910. The zero-order valence-corrected chi connectivity index (χ0v) is 11.2. The number of urea groups is 1. The number of carbonyl (C=O) groups is 2. The molecule has 1 aromatic heterocycles. The quantitative estimate of drug-likeness (QED) is 0.844. The summed E-state index contributed by atoms with van der Waals surface area (Å²) in [6.45, 7) is 3.05. The van der Waals surface area contributed by atoms with Gasteiger partial charge in [0.05, 0.1) is 18.7 Å². The van der Waals surface area contributed by atoms with E-state index < -0.39 is 5.97 Å². The molecule has 2 amide bonds. The maximum Gasteiger partial charge on any atom is 0.320 e. The molecule has 0 saturated heterocycles. The van der Waals surface area contributed by atoms with Gasteiger partial charge < -0.3 is 14.9 Å². The molecule has 1 N–H and O–H groups in total. The number of carboxylic acids is 1. The molecule has 1 heterocycles. The number of aromatic nitrogens is 1. The molecule has 0 aliphatic rings. The van der Waals surface area contributed by atoms with Gasteiger partial charge in [0.1, 0.15) is 0 Å². The summed E-state index contributed by atoms with van der Waals surface area (Å²) < 4.78 is 0. The summed E-state index contributed by atoms with van der Waals surface area (Å²) in [6, 6.07) is 5.36. The number of rotatable bonds is 6. The second-order valence-electron chi connectivity index (χ2n) is 4.18. The molecule has 1 rings (SSSR count). The molecule has 0 unspecified atom stereocenters. The smallest absolute Gasteiger partial charge is 0.320 e. The Balaban J connectivity index is 2.58. The van der Waals surface area contributed by atoms with Crippen LogP contribution >= 0.6 is 0 Å². The maximum atomic E-state index is 12.1. The highest BCUT2D eigenvalue weighted by Crippen LogP contribution is 2.04. The lowest BCUT2D eigenvalue weighted by molar-refractivity contribution is -0.137. The van der Waals surface area contributed by atoms with Gasteiger partial charge in [-0.15, -0.1) is 0 Å². The molecule has 0 atom stereocenters. The van der Waals surface area contributed by atoms with Crippen molar-refractivity contribution in [3.8, 4) is 0 Å². The summed E-state index contributed by atoms with van der Waals surface area (Å²) >= 11 is 0. The van der Waals surface area contributed by atoms with Gasteiger partial charge >= 0.3 is 12.0 Å². The van der Waals surface area contributed by atoms with Crippen LogP contribution in [0.25, 0.3) is 0 Å². The second-order valence-corrected chi connectivity index (χ2v) is 4.18. The Hall–Kier alpha value is -2.11. The molecule has 19 heavy (non-hydrogen) atoms. The van der Waals surface area contributed by atoms with Crippen molar-refractivity contribution in [3.05, 3.63) is 30.1 Å². The molecule has 0 aliphatic carbocycles. The van der Waals surface area contributed by atoms with E-state index >= 15 is 0 Å². The molecule has 6 heteroatoms. The van der Waals surface area contributed by atoms with Gasteiger partial charge in [0.2, 0.25) is 0 Å². The van der Waals surface area contributed by atoms with Crippen LogP contribution in [0.15, 0.2) is 24.4 Å². The molecule has 1 aromatic rings. The number of aliphatic carboxylic acids is 1. The Morgan fingerprint density at radius 2 is 2.11 bits per heavy atom. The lowest BCUT2D eigenvalue weighted by atomic mass is 10.3. The summed E-state index contributed by atoms with van der Waals surface area (Å²) in [5.74, 6) is -0.910. The third-order valence-electron chi connectivity index (χ3n) is 2.72. The van der Waals surface area contributed by atoms with Crippen molar-refractivity contribution in [3.63, 3.8) is 0 Å². The molecule has 0 radical (unpaired) electrons. The highest BCUT2D eigenvalue weighted by atomic mass is 16.4.